The number of halogens is 20. The zero-order valence-corrected chi connectivity index (χ0v) is 15.0. The molecule has 0 aliphatic heterocycles. The van der Waals surface area contributed by atoms with E-state index in [2.05, 4.69) is 4.74 Å². The first-order valence-electron chi connectivity index (χ1n) is 7.26. The molecule has 0 saturated heterocycles. The van der Waals surface area contributed by atoms with E-state index in [1.165, 1.54) is 0 Å². The smallest absolute Gasteiger partial charge is 0.357 e. The standard InChI is InChI=1S/C13H4F20O/c1-34-7(12(28,29)30,13(31,32)33)2(3(14)5(8(16,17)18)9(19,20)21)4(15)6(10(22,23)24)11(25,26)27/h5H,1H3/b3-2-. The highest BCUT2D eigenvalue weighted by molar-refractivity contribution is 5.46. The monoisotopic (exact) mass is 556 g/mol. The summed E-state index contributed by atoms with van der Waals surface area (Å²) >= 11 is 0. The van der Waals surface area contributed by atoms with E-state index in [4.69, 9.17) is 0 Å². The van der Waals surface area contributed by atoms with E-state index in [-0.39, 0.29) is 0 Å². The van der Waals surface area contributed by atoms with Gasteiger partial charge in [0.15, 0.2) is 5.57 Å². The van der Waals surface area contributed by atoms with Gasteiger partial charge in [0.1, 0.15) is 11.7 Å². The summed E-state index contributed by atoms with van der Waals surface area (Å²) in [6.07, 6.45) is -44.9. The molecule has 21 heteroatoms. The first kappa shape index (κ1) is 32.0. The van der Waals surface area contributed by atoms with Crippen LogP contribution in [-0.4, -0.2) is 49.8 Å². The molecule has 34 heavy (non-hydrogen) atoms. The minimum Gasteiger partial charge on any atom is -0.357 e. The van der Waals surface area contributed by atoms with Crippen LogP contribution >= 0.6 is 0 Å². The van der Waals surface area contributed by atoms with Gasteiger partial charge in [-0.05, 0) is 0 Å². The van der Waals surface area contributed by atoms with Gasteiger partial charge in [0.2, 0.25) is 5.92 Å². The van der Waals surface area contributed by atoms with Gasteiger partial charge in [0, 0.05) is 7.11 Å². The van der Waals surface area contributed by atoms with Crippen LogP contribution in [0.15, 0.2) is 22.8 Å². The van der Waals surface area contributed by atoms with E-state index < -0.39 is 78.5 Å². The molecule has 0 N–H and O–H groups in total. The van der Waals surface area contributed by atoms with Crippen molar-refractivity contribution < 1.29 is 92.5 Å². The van der Waals surface area contributed by atoms with Crippen LogP contribution in [0.25, 0.3) is 0 Å². The van der Waals surface area contributed by atoms with Crippen LogP contribution in [0, 0.1) is 5.92 Å². The molecule has 0 amide bonds. The Labute approximate surface area is 172 Å². The Balaban J connectivity index is 8.53. The number of alkyl halides is 18. The molecule has 0 atom stereocenters. The second kappa shape index (κ2) is 8.92. The van der Waals surface area contributed by atoms with E-state index >= 15 is 0 Å². The molecule has 0 aliphatic rings. The summed E-state index contributed by atoms with van der Waals surface area (Å²) in [5, 5.41) is 0. The summed E-state index contributed by atoms with van der Waals surface area (Å²) < 4.78 is 262. The third kappa shape index (κ3) is 5.99. The molecule has 0 aromatic carbocycles. The molecule has 202 valence electrons. The van der Waals surface area contributed by atoms with Crippen molar-refractivity contribution in [3.05, 3.63) is 22.8 Å². The predicted octanol–water partition coefficient (Wildman–Crippen LogP) is 7.81. The Morgan fingerprint density at radius 1 is 0.559 bits per heavy atom. The van der Waals surface area contributed by atoms with Gasteiger partial charge in [-0.1, -0.05) is 0 Å². The van der Waals surface area contributed by atoms with Crippen LogP contribution in [0.1, 0.15) is 0 Å². The summed E-state index contributed by atoms with van der Waals surface area (Å²) in [4.78, 5) is 0. The molecule has 0 bridgehead atoms. The first-order valence-corrected chi connectivity index (χ1v) is 7.26. The van der Waals surface area contributed by atoms with Crippen molar-refractivity contribution in [1.82, 2.24) is 0 Å². The van der Waals surface area contributed by atoms with Crippen LogP contribution in [0.3, 0.4) is 0 Å². The largest absolute Gasteiger partial charge is 0.431 e. The van der Waals surface area contributed by atoms with Crippen LogP contribution < -0.4 is 0 Å². The summed E-state index contributed by atoms with van der Waals surface area (Å²) in [5.41, 5.74) is -17.4. The maximum absolute atomic E-state index is 14.2. The molecule has 0 radical (unpaired) electrons. The van der Waals surface area contributed by atoms with Crippen molar-refractivity contribution in [1.29, 1.82) is 0 Å². The van der Waals surface area contributed by atoms with Gasteiger partial charge in [-0.2, -0.15) is 79.0 Å². The molecule has 0 spiro atoms. The van der Waals surface area contributed by atoms with Crippen molar-refractivity contribution in [3.63, 3.8) is 0 Å². The Morgan fingerprint density at radius 3 is 1.03 bits per heavy atom. The van der Waals surface area contributed by atoms with Crippen molar-refractivity contribution in [2.75, 3.05) is 7.11 Å². The fraction of sp³-hybridized carbons (Fsp3) is 0.692. The first-order chi connectivity index (χ1) is 14.5. The van der Waals surface area contributed by atoms with Gasteiger partial charge in [-0.15, -0.1) is 0 Å². The second-order valence-electron chi connectivity index (χ2n) is 5.80. The van der Waals surface area contributed by atoms with Crippen molar-refractivity contribution >= 4 is 0 Å². The topological polar surface area (TPSA) is 9.23 Å². The molecule has 0 saturated carbocycles. The molecule has 0 fully saturated rings. The number of allylic oxidation sites excluding steroid dienone is 2. The van der Waals surface area contributed by atoms with E-state index in [1.807, 2.05) is 0 Å². The van der Waals surface area contributed by atoms with Crippen molar-refractivity contribution in [3.8, 4) is 0 Å². The molecular formula is C13H4F20O. The number of rotatable bonds is 4. The van der Waals surface area contributed by atoms with E-state index in [9.17, 15) is 87.8 Å². The molecule has 0 rings (SSSR count). The molecular weight excluding hydrogens is 552 g/mol. The van der Waals surface area contributed by atoms with Gasteiger partial charge < -0.3 is 4.74 Å². The number of hydrogen-bond acceptors (Lipinski definition) is 1. The minimum absolute atomic E-state index is 0.960. The highest BCUT2D eigenvalue weighted by Crippen LogP contribution is 2.58. The minimum atomic E-state index is -7.69. The van der Waals surface area contributed by atoms with Crippen LogP contribution in [0.2, 0.25) is 0 Å². The maximum Gasteiger partial charge on any atom is 0.431 e. The number of methoxy groups -OCH3 is 1. The lowest BCUT2D eigenvalue weighted by molar-refractivity contribution is -0.360. The van der Waals surface area contributed by atoms with E-state index in [0.29, 0.717) is 0 Å². The van der Waals surface area contributed by atoms with E-state index in [0.717, 1.165) is 0 Å². The predicted molar refractivity (Wildman–Crippen MR) is 65.8 cm³/mol. The van der Waals surface area contributed by atoms with Crippen molar-refractivity contribution in [2.45, 2.75) is 42.7 Å². The summed E-state index contributed by atoms with van der Waals surface area (Å²) in [6, 6.07) is 0. The molecule has 0 aliphatic carbocycles. The van der Waals surface area contributed by atoms with Gasteiger partial charge in [0.25, 0.3) is 5.60 Å². The Bertz CT molecular complexity index is 747. The SMILES string of the molecule is COC(/C(C(F)=C(C(F)(F)F)C(F)(F)F)=C(\F)C(C(F)(F)F)C(F)(F)F)(C(F)(F)F)C(F)(F)F. The second-order valence-corrected chi connectivity index (χ2v) is 5.80. The Hall–Kier alpha value is -1.96. The van der Waals surface area contributed by atoms with Crippen molar-refractivity contribution in [2.24, 2.45) is 5.92 Å². The zero-order valence-electron chi connectivity index (χ0n) is 15.0. The molecule has 0 unspecified atom stereocenters. The summed E-state index contributed by atoms with van der Waals surface area (Å²) in [5.74, 6) is -16.5. The fourth-order valence-corrected chi connectivity index (χ4v) is 2.36. The van der Waals surface area contributed by atoms with Gasteiger partial charge in [-0.25, -0.2) is 8.78 Å². The van der Waals surface area contributed by atoms with E-state index in [1.54, 1.807) is 0 Å². The van der Waals surface area contributed by atoms with Crippen LogP contribution in [-0.2, 0) is 4.74 Å². The van der Waals surface area contributed by atoms with Gasteiger partial charge >= 0.3 is 37.1 Å². The molecule has 0 aromatic heterocycles. The molecule has 0 heterocycles. The fourth-order valence-electron chi connectivity index (χ4n) is 2.36. The Morgan fingerprint density at radius 2 is 0.853 bits per heavy atom. The lowest BCUT2D eigenvalue weighted by Gasteiger charge is -2.38. The summed E-state index contributed by atoms with van der Waals surface area (Å²) in [6.45, 7) is 0. The average Bonchev–Trinajstić information content (AvgIpc) is 2.42. The molecule has 1 nitrogen and oxygen atoms in total. The van der Waals surface area contributed by atoms with Crippen LogP contribution in [0.4, 0.5) is 87.8 Å². The van der Waals surface area contributed by atoms with Gasteiger partial charge in [0.05, 0.1) is 5.57 Å². The highest BCUT2D eigenvalue weighted by Gasteiger charge is 2.77. The van der Waals surface area contributed by atoms with Gasteiger partial charge in [-0.3, -0.25) is 0 Å². The van der Waals surface area contributed by atoms with Crippen LogP contribution in [0.5, 0.6) is 0 Å². The third-order valence-electron chi connectivity index (χ3n) is 3.61. The Kier molecular flexibility index (Phi) is 8.41. The normalized spacial score (nSPS) is 16.1. The lowest BCUT2D eigenvalue weighted by atomic mass is 9.84. The average molecular weight is 556 g/mol. The quantitative estimate of drug-likeness (QED) is 0.254. The third-order valence-corrected chi connectivity index (χ3v) is 3.61. The molecule has 0 aromatic rings. The zero-order chi connectivity index (χ0) is 28.1. The lowest BCUT2D eigenvalue weighted by Crippen LogP contribution is -2.60. The maximum atomic E-state index is 14.2. The number of ether oxygens (including phenoxy) is 1. The number of hydrogen-bond donors (Lipinski definition) is 0. The highest BCUT2D eigenvalue weighted by atomic mass is 19.4. The summed E-state index contributed by atoms with van der Waals surface area (Å²) in [7, 11) is -0.960.